The van der Waals surface area contributed by atoms with Crippen molar-refractivity contribution in [2.45, 2.75) is 31.6 Å². The number of amides is 2. The Hall–Kier alpha value is -4.80. The van der Waals surface area contributed by atoms with Crippen LogP contribution in [-0.4, -0.2) is 38.4 Å². The molecule has 3 N–H and O–H groups in total. The quantitative estimate of drug-likeness (QED) is 0.133. The Bertz CT molecular complexity index is 1920. The maximum atomic E-state index is 13.2. The van der Waals surface area contributed by atoms with Gasteiger partial charge in [0.2, 0.25) is 0 Å². The first-order valence-corrected chi connectivity index (χ1v) is 16.1. The highest BCUT2D eigenvalue weighted by molar-refractivity contribution is 7.90. The van der Waals surface area contributed by atoms with Crippen LogP contribution in [0.3, 0.4) is 0 Å². The second-order valence-electron chi connectivity index (χ2n) is 10.4. The number of aryl methyl sites for hydroxylation is 3. The lowest BCUT2D eigenvalue weighted by Crippen LogP contribution is -2.40. The van der Waals surface area contributed by atoms with E-state index in [1.165, 1.54) is 24.3 Å². The number of carbonyl (C=O) groups is 2. The molecule has 9 nitrogen and oxygen atoms in total. The summed E-state index contributed by atoms with van der Waals surface area (Å²) >= 11 is 6.26. The van der Waals surface area contributed by atoms with Crippen molar-refractivity contribution in [2.75, 3.05) is 13.2 Å². The maximum absolute atomic E-state index is 13.2. The summed E-state index contributed by atoms with van der Waals surface area (Å²) in [6, 6.07) is 26.0. The summed E-state index contributed by atoms with van der Waals surface area (Å²) < 4.78 is 39.2. The lowest BCUT2D eigenvalue weighted by atomic mass is 10.1. The smallest absolute Gasteiger partial charge is 0.268 e. The summed E-state index contributed by atoms with van der Waals surface area (Å²) in [6.07, 6.45) is 1.15. The molecule has 0 aliphatic heterocycles. The van der Waals surface area contributed by atoms with E-state index in [0.29, 0.717) is 41.7 Å². The molecule has 0 unspecified atom stereocenters. The highest BCUT2D eigenvalue weighted by atomic mass is 35.5. The van der Waals surface area contributed by atoms with Gasteiger partial charge in [-0.3, -0.25) is 9.59 Å². The fourth-order valence-corrected chi connectivity index (χ4v) is 5.98. The van der Waals surface area contributed by atoms with Crippen LogP contribution in [0.2, 0.25) is 5.02 Å². The number of fused-ring (bicyclic) bond motifs is 1. The van der Waals surface area contributed by atoms with E-state index >= 15 is 0 Å². The number of carbonyl (C=O) groups excluding carboxylic acids is 2. The first-order chi connectivity index (χ1) is 21.6. The number of halogens is 1. The molecule has 0 aliphatic carbocycles. The SMILES string of the molecule is Cc1cc(OCCCc2c(C(=O)NCC(=O)NS(=O)(=O)c3ccc(Oc4ccccc4)cc3)[nH]c3ccccc23)cc(C)c1Cl. The summed E-state index contributed by atoms with van der Waals surface area (Å²) in [6.45, 7) is 3.73. The Labute approximate surface area is 266 Å². The number of H-pyrrole nitrogens is 1. The standard InChI is InChI=1S/C34H32ClN3O6S/c1-22-19-26(20-23(2)32(22)35)43-18-8-12-29-28-11-6-7-13-30(28)37-33(29)34(40)36-21-31(39)38-45(41,42)27-16-14-25(15-17-27)44-24-9-4-3-5-10-24/h3-7,9-11,13-17,19-20,37H,8,12,18,21H2,1-2H3,(H,36,40)(H,38,39). The molecule has 0 fully saturated rings. The normalized spacial score (nSPS) is 11.3. The Morgan fingerprint density at radius 2 is 1.49 bits per heavy atom. The Kier molecular flexibility index (Phi) is 9.75. The first kappa shape index (κ1) is 31.6. The van der Waals surface area contributed by atoms with Crippen molar-refractivity contribution >= 4 is 44.3 Å². The Balaban J connectivity index is 1.18. The molecule has 1 aromatic heterocycles. The number of hydrogen-bond donors (Lipinski definition) is 3. The zero-order valence-corrected chi connectivity index (χ0v) is 26.3. The number of para-hydroxylation sites is 2. The predicted molar refractivity (Wildman–Crippen MR) is 174 cm³/mol. The number of aromatic nitrogens is 1. The molecule has 1 heterocycles. The molecule has 0 bridgehead atoms. The second-order valence-corrected chi connectivity index (χ2v) is 12.5. The molecule has 0 saturated carbocycles. The van der Waals surface area contributed by atoms with Crippen LogP contribution in [0.5, 0.6) is 17.2 Å². The van der Waals surface area contributed by atoms with Gasteiger partial charge in [0.05, 0.1) is 18.0 Å². The van der Waals surface area contributed by atoms with Crippen molar-refractivity contribution in [3.8, 4) is 17.2 Å². The molecule has 0 radical (unpaired) electrons. The van der Waals surface area contributed by atoms with Crippen LogP contribution in [0.1, 0.15) is 33.6 Å². The van der Waals surface area contributed by atoms with Crippen LogP contribution in [0.4, 0.5) is 0 Å². The minimum absolute atomic E-state index is 0.119. The van der Waals surface area contributed by atoms with Crippen LogP contribution in [-0.2, 0) is 21.2 Å². The number of aromatic amines is 1. The molecule has 45 heavy (non-hydrogen) atoms. The van der Waals surface area contributed by atoms with Gasteiger partial charge in [-0.1, -0.05) is 48.0 Å². The van der Waals surface area contributed by atoms with Crippen molar-refractivity contribution < 1.29 is 27.5 Å². The van der Waals surface area contributed by atoms with E-state index in [2.05, 4.69) is 10.3 Å². The van der Waals surface area contributed by atoms with Crippen LogP contribution >= 0.6 is 11.6 Å². The lowest BCUT2D eigenvalue weighted by molar-refractivity contribution is -0.118. The van der Waals surface area contributed by atoms with Crippen molar-refractivity contribution in [2.24, 2.45) is 0 Å². The zero-order chi connectivity index (χ0) is 32.0. The largest absolute Gasteiger partial charge is 0.494 e. The second kappa shape index (κ2) is 13.9. The van der Waals surface area contributed by atoms with E-state index in [1.54, 1.807) is 12.1 Å². The summed E-state index contributed by atoms with van der Waals surface area (Å²) in [5, 5.41) is 4.13. The molecular weight excluding hydrogens is 614 g/mol. The van der Waals surface area contributed by atoms with E-state index in [4.69, 9.17) is 21.1 Å². The molecule has 5 aromatic rings. The van der Waals surface area contributed by atoms with Gasteiger partial charge in [0, 0.05) is 15.9 Å². The molecule has 0 saturated heterocycles. The first-order valence-electron chi connectivity index (χ1n) is 14.3. The minimum Gasteiger partial charge on any atom is -0.494 e. The molecule has 0 spiro atoms. The van der Waals surface area contributed by atoms with Gasteiger partial charge in [-0.2, -0.15) is 0 Å². The van der Waals surface area contributed by atoms with Gasteiger partial charge in [0.25, 0.3) is 21.8 Å². The summed E-state index contributed by atoms with van der Waals surface area (Å²) in [5.41, 5.74) is 3.73. The molecule has 232 valence electrons. The number of benzene rings is 4. The molecule has 11 heteroatoms. The van der Waals surface area contributed by atoms with Crippen molar-refractivity contribution in [3.63, 3.8) is 0 Å². The number of nitrogens with one attached hydrogen (secondary N) is 3. The molecule has 0 atom stereocenters. The number of rotatable bonds is 12. The average Bonchev–Trinajstić information content (AvgIpc) is 3.40. The van der Waals surface area contributed by atoms with E-state index in [0.717, 1.165) is 33.3 Å². The summed E-state index contributed by atoms with van der Waals surface area (Å²) in [5.74, 6) is 0.360. The van der Waals surface area contributed by atoms with Crippen LogP contribution < -0.4 is 19.5 Å². The van der Waals surface area contributed by atoms with Gasteiger partial charge in [-0.05, 0) is 98.0 Å². The van der Waals surface area contributed by atoms with Crippen LogP contribution in [0, 0.1) is 13.8 Å². The minimum atomic E-state index is -4.17. The van der Waals surface area contributed by atoms with Gasteiger partial charge in [0.1, 0.15) is 22.9 Å². The molecule has 0 aliphatic rings. The van der Waals surface area contributed by atoms with Crippen molar-refractivity contribution in [1.29, 1.82) is 0 Å². The third kappa shape index (κ3) is 7.84. The van der Waals surface area contributed by atoms with Crippen LogP contribution in [0.15, 0.2) is 95.9 Å². The van der Waals surface area contributed by atoms with Gasteiger partial charge in [0.15, 0.2) is 0 Å². The fraction of sp³-hybridized carbons (Fsp3) is 0.176. The summed E-state index contributed by atoms with van der Waals surface area (Å²) in [7, 11) is -4.17. The topological polar surface area (TPSA) is 127 Å². The molecule has 5 rings (SSSR count). The number of hydrogen-bond acceptors (Lipinski definition) is 6. The van der Waals surface area contributed by atoms with Gasteiger partial charge >= 0.3 is 0 Å². The third-order valence-corrected chi connectivity index (χ3v) is 9.05. The van der Waals surface area contributed by atoms with E-state index < -0.39 is 28.4 Å². The Morgan fingerprint density at radius 1 is 0.844 bits per heavy atom. The van der Waals surface area contributed by atoms with E-state index in [1.807, 2.05) is 73.2 Å². The van der Waals surface area contributed by atoms with Gasteiger partial charge in [-0.25, -0.2) is 13.1 Å². The van der Waals surface area contributed by atoms with Crippen LogP contribution in [0.25, 0.3) is 10.9 Å². The third-order valence-electron chi connectivity index (χ3n) is 7.06. The van der Waals surface area contributed by atoms with E-state index in [-0.39, 0.29) is 4.90 Å². The molecule has 4 aromatic carbocycles. The average molecular weight is 646 g/mol. The van der Waals surface area contributed by atoms with Gasteiger partial charge in [-0.15, -0.1) is 0 Å². The predicted octanol–water partition coefficient (Wildman–Crippen LogP) is 6.48. The number of sulfonamides is 1. The maximum Gasteiger partial charge on any atom is 0.268 e. The monoisotopic (exact) mass is 645 g/mol. The summed E-state index contributed by atoms with van der Waals surface area (Å²) in [4.78, 5) is 28.8. The molecular formula is C34H32ClN3O6S. The Morgan fingerprint density at radius 3 is 2.20 bits per heavy atom. The lowest BCUT2D eigenvalue weighted by Gasteiger charge is -2.11. The highest BCUT2D eigenvalue weighted by Crippen LogP contribution is 2.27. The van der Waals surface area contributed by atoms with Crippen molar-refractivity contribution in [1.82, 2.24) is 15.0 Å². The zero-order valence-electron chi connectivity index (χ0n) is 24.7. The highest BCUT2D eigenvalue weighted by Gasteiger charge is 2.21. The van der Waals surface area contributed by atoms with Crippen molar-refractivity contribution in [3.05, 3.63) is 118 Å². The molecule has 2 amide bonds. The fourth-order valence-electron chi connectivity index (χ4n) is 4.89. The van der Waals surface area contributed by atoms with E-state index in [9.17, 15) is 18.0 Å². The number of ether oxygens (including phenoxy) is 2. The van der Waals surface area contributed by atoms with Gasteiger partial charge < -0.3 is 19.8 Å².